The van der Waals surface area contributed by atoms with E-state index in [1.807, 2.05) is 16.8 Å². The lowest BCUT2D eigenvalue weighted by Crippen LogP contribution is -2.27. The summed E-state index contributed by atoms with van der Waals surface area (Å²) in [6.07, 6.45) is 1.79. The number of aromatic nitrogens is 4. The van der Waals surface area contributed by atoms with Crippen LogP contribution < -0.4 is 10.6 Å². The van der Waals surface area contributed by atoms with E-state index in [9.17, 15) is 4.79 Å². The zero-order valence-corrected chi connectivity index (χ0v) is 20.0. The number of rotatable bonds is 9. The first-order chi connectivity index (χ1) is 14.3. The van der Waals surface area contributed by atoms with Crippen LogP contribution >= 0.6 is 27.7 Å². The molecule has 0 saturated heterocycles. The number of carbonyl (C=O) groups excluding carboxylic acids is 1. The number of fused-ring (bicyclic) bond motifs is 1. The number of nitrogens with one attached hydrogen (secondary N) is 2. The molecule has 9 heteroatoms. The number of hydrogen-bond acceptors (Lipinski definition) is 6. The van der Waals surface area contributed by atoms with Crippen molar-refractivity contribution in [3.05, 3.63) is 40.5 Å². The molecule has 1 amide bonds. The number of anilines is 1. The van der Waals surface area contributed by atoms with Crippen molar-refractivity contribution in [3.8, 4) is 0 Å². The van der Waals surface area contributed by atoms with Gasteiger partial charge in [0, 0.05) is 28.4 Å². The van der Waals surface area contributed by atoms with Crippen molar-refractivity contribution in [2.75, 3.05) is 18.4 Å². The van der Waals surface area contributed by atoms with Crippen LogP contribution in [0.15, 0.2) is 40.1 Å². The average molecular weight is 491 g/mol. The molecule has 0 radical (unpaired) electrons. The molecular weight excluding hydrogens is 464 g/mol. The number of thioether (sulfide) groups is 1. The first kappa shape index (κ1) is 22.6. The fraction of sp³-hybridized carbons (Fsp3) is 0.429. The Morgan fingerprint density at radius 3 is 2.57 bits per heavy atom. The molecule has 0 unspecified atom stereocenters. The summed E-state index contributed by atoms with van der Waals surface area (Å²) in [4.78, 5) is 21.8. The molecule has 2 aromatic heterocycles. The van der Waals surface area contributed by atoms with Crippen molar-refractivity contribution < 1.29 is 4.79 Å². The minimum Gasteiger partial charge on any atom is -0.369 e. The molecule has 0 aliphatic carbocycles. The summed E-state index contributed by atoms with van der Waals surface area (Å²) in [5.74, 6) is 1.20. The summed E-state index contributed by atoms with van der Waals surface area (Å²) < 4.78 is 2.77. The van der Waals surface area contributed by atoms with Gasteiger partial charge in [0.1, 0.15) is 5.82 Å². The highest BCUT2D eigenvalue weighted by Gasteiger charge is 2.15. The Kier molecular flexibility index (Phi) is 7.71. The maximum Gasteiger partial charge on any atom is 0.251 e. The van der Waals surface area contributed by atoms with Crippen molar-refractivity contribution in [1.82, 2.24) is 25.1 Å². The van der Waals surface area contributed by atoms with Gasteiger partial charge in [-0.05, 0) is 30.2 Å². The molecule has 0 atom stereocenters. The molecule has 7 nitrogen and oxygen atoms in total. The predicted molar refractivity (Wildman–Crippen MR) is 126 cm³/mol. The van der Waals surface area contributed by atoms with E-state index < -0.39 is 0 Å². The number of benzene rings is 1. The zero-order chi connectivity index (χ0) is 21.7. The SMILES string of the molecule is CC(C)CNc1nc(SC(C)C)nc2c1cnn2CCNC(=O)c1ccc(Br)cc1. The van der Waals surface area contributed by atoms with E-state index in [-0.39, 0.29) is 5.91 Å². The van der Waals surface area contributed by atoms with Crippen LogP contribution in [-0.2, 0) is 6.54 Å². The van der Waals surface area contributed by atoms with Gasteiger partial charge in [0.05, 0.1) is 18.1 Å². The highest BCUT2D eigenvalue weighted by atomic mass is 79.9. The molecule has 3 rings (SSSR count). The fourth-order valence-electron chi connectivity index (χ4n) is 2.78. The lowest BCUT2D eigenvalue weighted by molar-refractivity contribution is 0.0952. The molecule has 3 aromatic rings. The fourth-order valence-corrected chi connectivity index (χ4v) is 3.75. The summed E-state index contributed by atoms with van der Waals surface area (Å²) in [6, 6.07) is 7.29. The standard InChI is InChI=1S/C21H27BrN6OS/c1-13(2)11-24-18-17-12-25-28(19(17)27-21(26-18)30-14(3)4)10-9-23-20(29)15-5-7-16(22)8-6-15/h5-8,12-14H,9-11H2,1-4H3,(H,23,29)(H,24,26,27). The van der Waals surface area contributed by atoms with Crippen LogP contribution in [0.2, 0.25) is 0 Å². The Morgan fingerprint density at radius 1 is 1.17 bits per heavy atom. The van der Waals surface area contributed by atoms with Gasteiger partial charge in [-0.2, -0.15) is 5.10 Å². The molecule has 2 N–H and O–H groups in total. The van der Waals surface area contributed by atoms with Crippen molar-refractivity contribution in [2.45, 2.75) is 44.6 Å². The normalized spacial score (nSPS) is 11.4. The van der Waals surface area contributed by atoms with Gasteiger partial charge in [-0.1, -0.05) is 55.4 Å². The third kappa shape index (κ3) is 5.95. The van der Waals surface area contributed by atoms with Crippen LogP contribution in [0.3, 0.4) is 0 Å². The van der Waals surface area contributed by atoms with Crippen molar-refractivity contribution in [3.63, 3.8) is 0 Å². The van der Waals surface area contributed by atoms with E-state index in [1.54, 1.807) is 30.1 Å². The van der Waals surface area contributed by atoms with Gasteiger partial charge in [-0.15, -0.1) is 0 Å². The van der Waals surface area contributed by atoms with Gasteiger partial charge in [-0.25, -0.2) is 14.6 Å². The summed E-state index contributed by atoms with van der Waals surface area (Å²) in [5.41, 5.74) is 1.40. The van der Waals surface area contributed by atoms with E-state index in [0.29, 0.717) is 29.8 Å². The molecule has 2 heterocycles. The first-order valence-corrected chi connectivity index (χ1v) is 11.7. The molecule has 160 valence electrons. The molecule has 0 aliphatic rings. The molecule has 0 fully saturated rings. The largest absolute Gasteiger partial charge is 0.369 e. The molecule has 0 bridgehead atoms. The van der Waals surface area contributed by atoms with E-state index in [1.165, 1.54) is 0 Å². The zero-order valence-electron chi connectivity index (χ0n) is 17.6. The number of carbonyl (C=O) groups is 1. The van der Waals surface area contributed by atoms with Crippen LogP contribution in [0.1, 0.15) is 38.1 Å². The maximum atomic E-state index is 12.3. The molecule has 1 aromatic carbocycles. The Hall–Kier alpha value is -2.13. The highest BCUT2D eigenvalue weighted by Crippen LogP contribution is 2.26. The topological polar surface area (TPSA) is 84.7 Å². The summed E-state index contributed by atoms with van der Waals surface area (Å²) in [5, 5.41) is 12.9. The Bertz CT molecular complexity index is 1000. The minimum atomic E-state index is -0.107. The summed E-state index contributed by atoms with van der Waals surface area (Å²) >= 11 is 5.00. The average Bonchev–Trinajstić information content (AvgIpc) is 3.09. The number of amides is 1. The number of nitrogens with zero attached hydrogens (tertiary/aromatic N) is 4. The van der Waals surface area contributed by atoms with Crippen molar-refractivity contribution >= 4 is 50.5 Å². The molecule has 0 spiro atoms. The minimum absolute atomic E-state index is 0.107. The van der Waals surface area contributed by atoms with Gasteiger partial charge in [0.15, 0.2) is 10.8 Å². The Morgan fingerprint density at radius 2 is 1.90 bits per heavy atom. The first-order valence-electron chi connectivity index (χ1n) is 10.0. The van der Waals surface area contributed by atoms with Gasteiger partial charge < -0.3 is 10.6 Å². The van der Waals surface area contributed by atoms with Crippen LogP contribution in [0.25, 0.3) is 11.0 Å². The monoisotopic (exact) mass is 490 g/mol. The Balaban J connectivity index is 1.75. The second kappa shape index (κ2) is 10.3. The molecular formula is C21H27BrN6OS. The Labute approximate surface area is 189 Å². The third-order valence-corrected chi connectivity index (χ3v) is 5.60. The lowest BCUT2D eigenvalue weighted by atomic mass is 10.2. The second-order valence-electron chi connectivity index (χ2n) is 7.66. The van der Waals surface area contributed by atoms with Crippen molar-refractivity contribution in [1.29, 1.82) is 0 Å². The van der Waals surface area contributed by atoms with Crippen LogP contribution in [0.4, 0.5) is 5.82 Å². The smallest absolute Gasteiger partial charge is 0.251 e. The number of halogens is 1. The van der Waals surface area contributed by atoms with Gasteiger partial charge in [-0.3, -0.25) is 4.79 Å². The van der Waals surface area contributed by atoms with Crippen LogP contribution in [0, 0.1) is 5.92 Å². The lowest BCUT2D eigenvalue weighted by Gasteiger charge is -2.12. The van der Waals surface area contributed by atoms with Crippen molar-refractivity contribution in [2.24, 2.45) is 5.92 Å². The quantitative estimate of drug-likeness (QED) is 0.337. The number of hydrogen-bond donors (Lipinski definition) is 2. The van der Waals surface area contributed by atoms with Gasteiger partial charge in [0.2, 0.25) is 0 Å². The molecule has 30 heavy (non-hydrogen) atoms. The van der Waals surface area contributed by atoms with E-state index in [0.717, 1.165) is 33.0 Å². The molecule has 0 saturated carbocycles. The van der Waals surface area contributed by atoms with E-state index in [4.69, 9.17) is 9.97 Å². The van der Waals surface area contributed by atoms with Gasteiger partial charge in [0.25, 0.3) is 5.91 Å². The predicted octanol–water partition coefficient (Wildman–Crippen LogP) is 4.59. The van der Waals surface area contributed by atoms with Crippen LogP contribution in [0.5, 0.6) is 0 Å². The van der Waals surface area contributed by atoms with E-state index >= 15 is 0 Å². The van der Waals surface area contributed by atoms with E-state index in [2.05, 4.69) is 59.4 Å². The maximum absolute atomic E-state index is 12.3. The van der Waals surface area contributed by atoms with Crippen LogP contribution in [-0.4, -0.2) is 44.0 Å². The highest BCUT2D eigenvalue weighted by molar-refractivity contribution is 9.10. The van der Waals surface area contributed by atoms with Gasteiger partial charge >= 0.3 is 0 Å². The third-order valence-electron chi connectivity index (χ3n) is 4.21. The molecule has 0 aliphatic heterocycles. The second-order valence-corrected chi connectivity index (χ2v) is 10.1. The summed E-state index contributed by atoms with van der Waals surface area (Å²) in [7, 11) is 0. The summed E-state index contributed by atoms with van der Waals surface area (Å²) in [6.45, 7) is 10.4.